The first-order valence-electron chi connectivity index (χ1n) is 2.43. The number of methoxy groups -OCH3 is 1. The molecule has 0 aliphatic heterocycles. The zero-order valence-corrected chi connectivity index (χ0v) is 9.94. The number of rotatable bonds is 1. The van der Waals surface area contributed by atoms with Gasteiger partial charge < -0.3 is 29.6 Å². The van der Waals surface area contributed by atoms with E-state index in [0.717, 1.165) is 5.75 Å². The van der Waals surface area contributed by atoms with Crippen LogP contribution in [0.4, 0.5) is 0 Å². The first-order valence-corrected chi connectivity index (χ1v) is 2.43. The van der Waals surface area contributed by atoms with E-state index in [1.807, 2.05) is 24.3 Å². The molecule has 0 N–H and O–H groups in total. The van der Waals surface area contributed by atoms with Gasteiger partial charge in [-0.05, 0) is 0 Å². The van der Waals surface area contributed by atoms with E-state index < -0.39 is 0 Å². The summed E-state index contributed by atoms with van der Waals surface area (Å²) >= 11 is 0. The molecule has 1 aromatic rings. The van der Waals surface area contributed by atoms with Crippen molar-refractivity contribution in [3.05, 3.63) is 30.3 Å². The van der Waals surface area contributed by atoms with Gasteiger partial charge in [-0.25, -0.2) is 0 Å². The largest absolute Gasteiger partial charge is 3.00 e. The molecular weight excluding hydrogens is 262 g/mol. The molecule has 59 valence electrons. The summed E-state index contributed by atoms with van der Waals surface area (Å²) in [6, 6.07) is 10.2. The van der Waals surface area contributed by atoms with Crippen molar-refractivity contribution in [1.82, 2.24) is 0 Å². The Balaban J connectivity index is -0.000000213. The molecule has 0 aliphatic rings. The molecule has 1 rings (SSSR count). The number of ether oxygens (including phenoxy) is 1. The van der Waals surface area contributed by atoms with Gasteiger partial charge in [0, 0.05) is 5.75 Å². The van der Waals surface area contributed by atoms with E-state index in [2.05, 4.69) is 6.07 Å². The van der Waals surface area contributed by atoms with Crippen molar-refractivity contribution in [1.29, 1.82) is 0 Å². The fraction of sp³-hybridized carbons (Fsp3) is 0.143. The molecular formula is C7H7Cl2OZr. The zero-order valence-electron chi connectivity index (χ0n) is 5.97. The monoisotopic (exact) mass is 267 g/mol. The van der Waals surface area contributed by atoms with E-state index >= 15 is 0 Å². The minimum Gasteiger partial charge on any atom is -1.00 e. The summed E-state index contributed by atoms with van der Waals surface area (Å²) in [6.07, 6.45) is 0. The molecule has 0 aromatic heterocycles. The van der Waals surface area contributed by atoms with Crippen LogP contribution in [0.25, 0.3) is 0 Å². The molecule has 0 atom stereocenters. The SMILES string of the molecule is COc1cc[c-]cc1.[Cl-].[Cl-].[Zr+3]. The number of benzene rings is 1. The zero-order chi connectivity index (χ0) is 5.82. The Morgan fingerprint density at radius 2 is 1.64 bits per heavy atom. The second kappa shape index (κ2) is 10.5. The first kappa shape index (κ1) is 17.5. The fourth-order valence-corrected chi connectivity index (χ4v) is 0.508. The van der Waals surface area contributed by atoms with E-state index in [-0.39, 0.29) is 51.0 Å². The van der Waals surface area contributed by atoms with Crippen LogP contribution >= 0.6 is 0 Å². The third-order valence-corrected chi connectivity index (χ3v) is 0.923. The molecule has 0 heterocycles. The number of hydrogen-bond acceptors (Lipinski definition) is 1. The minimum absolute atomic E-state index is 0. The van der Waals surface area contributed by atoms with Crippen molar-refractivity contribution in [2.45, 2.75) is 0 Å². The Morgan fingerprint density at radius 1 is 1.18 bits per heavy atom. The van der Waals surface area contributed by atoms with Gasteiger partial charge in [-0.3, -0.25) is 0 Å². The summed E-state index contributed by atoms with van der Waals surface area (Å²) in [4.78, 5) is 0. The summed E-state index contributed by atoms with van der Waals surface area (Å²) in [5, 5.41) is 0. The molecule has 0 spiro atoms. The summed E-state index contributed by atoms with van der Waals surface area (Å²) in [7, 11) is 1.65. The van der Waals surface area contributed by atoms with Crippen molar-refractivity contribution in [3.8, 4) is 5.75 Å². The van der Waals surface area contributed by atoms with Gasteiger partial charge in [-0.2, -0.15) is 18.2 Å². The Morgan fingerprint density at radius 3 is 1.91 bits per heavy atom. The van der Waals surface area contributed by atoms with Gasteiger partial charge in [0.05, 0.1) is 7.11 Å². The van der Waals surface area contributed by atoms with Crippen LogP contribution in [0.15, 0.2) is 24.3 Å². The molecule has 1 aromatic carbocycles. The second-order valence-corrected chi connectivity index (χ2v) is 1.44. The van der Waals surface area contributed by atoms with Crippen LogP contribution in [0.1, 0.15) is 0 Å². The average Bonchev–Trinajstić information content (AvgIpc) is 1.90. The van der Waals surface area contributed by atoms with Crippen LogP contribution in [0.3, 0.4) is 0 Å². The molecule has 4 heteroatoms. The van der Waals surface area contributed by atoms with Crippen LogP contribution in [0.5, 0.6) is 5.75 Å². The normalized spacial score (nSPS) is 6.27. The van der Waals surface area contributed by atoms with E-state index in [4.69, 9.17) is 4.74 Å². The van der Waals surface area contributed by atoms with Crippen molar-refractivity contribution in [2.24, 2.45) is 0 Å². The molecule has 0 amide bonds. The van der Waals surface area contributed by atoms with Crippen molar-refractivity contribution < 1.29 is 55.8 Å². The Kier molecular flexibility index (Phi) is 16.7. The molecule has 0 saturated carbocycles. The minimum atomic E-state index is 0. The predicted molar refractivity (Wildman–Crippen MR) is 31.8 cm³/mol. The average molecular weight is 269 g/mol. The second-order valence-electron chi connectivity index (χ2n) is 1.44. The van der Waals surface area contributed by atoms with E-state index in [1.165, 1.54) is 0 Å². The van der Waals surface area contributed by atoms with E-state index in [9.17, 15) is 0 Å². The fourth-order valence-electron chi connectivity index (χ4n) is 0.508. The Hall–Kier alpha value is 0.483. The van der Waals surface area contributed by atoms with Gasteiger partial charge in [0.15, 0.2) is 0 Å². The van der Waals surface area contributed by atoms with Crippen molar-refractivity contribution in [3.63, 3.8) is 0 Å². The van der Waals surface area contributed by atoms with Crippen LogP contribution in [-0.4, -0.2) is 7.11 Å². The molecule has 1 nitrogen and oxygen atoms in total. The quantitative estimate of drug-likeness (QED) is 0.467. The van der Waals surface area contributed by atoms with Crippen LogP contribution in [0.2, 0.25) is 0 Å². The third kappa shape index (κ3) is 6.86. The van der Waals surface area contributed by atoms with Gasteiger partial charge in [-0.15, -0.1) is 12.1 Å². The van der Waals surface area contributed by atoms with Crippen LogP contribution < -0.4 is 29.6 Å². The topological polar surface area (TPSA) is 9.23 Å². The van der Waals surface area contributed by atoms with Crippen molar-refractivity contribution in [2.75, 3.05) is 7.11 Å². The number of halogens is 2. The van der Waals surface area contributed by atoms with E-state index in [0.29, 0.717) is 0 Å². The Bertz CT molecular complexity index is 158. The molecule has 0 bridgehead atoms. The summed E-state index contributed by atoms with van der Waals surface area (Å²) in [5.41, 5.74) is 0. The maximum absolute atomic E-state index is 4.89. The van der Waals surface area contributed by atoms with E-state index in [1.54, 1.807) is 7.11 Å². The summed E-state index contributed by atoms with van der Waals surface area (Å²) in [5.74, 6) is 0.878. The van der Waals surface area contributed by atoms with Gasteiger partial charge in [0.2, 0.25) is 0 Å². The maximum atomic E-state index is 4.89. The predicted octanol–water partition coefficient (Wildman–Crippen LogP) is -4.50. The molecule has 0 aliphatic carbocycles. The maximum Gasteiger partial charge on any atom is 3.00 e. The summed E-state index contributed by atoms with van der Waals surface area (Å²) < 4.78 is 4.89. The molecule has 0 unspecified atom stereocenters. The van der Waals surface area contributed by atoms with Gasteiger partial charge in [0.1, 0.15) is 0 Å². The smallest absolute Gasteiger partial charge is 1.00 e. The standard InChI is InChI=1S/C7H7O.2ClH.Zr/c1-8-7-5-3-2-4-6-7;;;/h3-6H,1H3;2*1H;/q-1;;;+3/p-2. The third-order valence-electron chi connectivity index (χ3n) is 0.923. The molecule has 0 fully saturated rings. The van der Waals surface area contributed by atoms with Gasteiger partial charge in [-0.1, -0.05) is 0 Å². The molecule has 0 saturated heterocycles. The molecule has 1 radical (unpaired) electrons. The van der Waals surface area contributed by atoms with Crippen LogP contribution in [0, 0.1) is 6.07 Å². The van der Waals surface area contributed by atoms with Crippen LogP contribution in [-0.2, 0) is 26.2 Å². The summed E-state index contributed by atoms with van der Waals surface area (Å²) in [6.45, 7) is 0. The van der Waals surface area contributed by atoms with Crippen molar-refractivity contribution >= 4 is 0 Å². The van der Waals surface area contributed by atoms with Gasteiger partial charge >= 0.3 is 26.2 Å². The first-order chi connectivity index (χ1) is 3.93. The number of hydrogen-bond donors (Lipinski definition) is 0. The van der Waals surface area contributed by atoms with Gasteiger partial charge in [0.25, 0.3) is 0 Å². The molecule has 11 heavy (non-hydrogen) atoms. The Labute approximate surface area is 98.5 Å².